The van der Waals surface area contributed by atoms with Crippen molar-refractivity contribution in [3.63, 3.8) is 0 Å². The molecule has 4 heteroatoms. The lowest BCUT2D eigenvalue weighted by atomic mass is 9.85. The van der Waals surface area contributed by atoms with Crippen molar-refractivity contribution in [3.05, 3.63) is 16.0 Å². The lowest BCUT2D eigenvalue weighted by molar-refractivity contribution is 0.0773. The van der Waals surface area contributed by atoms with Gasteiger partial charge in [0.2, 0.25) is 0 Å². The number of carbonyl (C=O) groups is 1. The normalized spacial score (nSPS) is 18.2. The smallest absolute Gasteiger partial charge is 0.257 e. The molecule has 0 saturated heterocycles. The Morgan fingerprint density at radius 3 is 2.63 bits per heavy atom. The van der Waals surface area contributed by atoms with Crippen LogP contribution in [0, 0.1) is 5.92 Å². The van der Waals surface area contributed by atoms with Crippen LogP contribution < -0.4 is 5.73 Å². The Labute approximate surface area is 119 Å². The van der Waals surface area contributed by atoms with E-state index >= 15 is 0 Å². The average molecular weight is 280 g/mol. The minimum atomic E-state index is 0.120. The SMILES string of the molecule is CCC1CCc2c(sc(N)c2C(=O)N(CC)CC)C1. The van der Waals surface area contributed by atoms with Gasteiger partial charge in [-0.05, 0) is 44.6 Å². The van der Waals surface area contributed by atoms with Gasteiger partial charge >= 0.3 is 0 Å². The highest BCUT2D eigenvalue weighted by Crippen LogP contribution is 2.39. The molecule has 0 saturated carbocycles. The van der Waals surface area contributed by atoms with E-state index in [1.54, 1.807) is 11.3 Å². The molecule has 3 nitrogen and oxygen atoms in total. The summed E-state index contributed by atoms with van der Waals surface area (Å²) < 4.78 is 0. The molecule has 106 valence electrons. The van der Waals surface area contributed by atoms with Crippen LogP contribution >= 0.6 is 11.3 Å². The molecular formula is C15H24N2OS. The molecule has 1 aliphatic rings. The van der Waals surface area contributed by atoms with Crippen LogP contribution in [0.25, 0.3) is 0 Å². The zero-order chi connectivity index (χ0) is 14.0. The quantitative estimate of drug-likeness (QED) is 0.919. The van der Waals surface area contributed by atoms with E-state index in [-0.39, 0.29) is 5.91 Å². The van der Waals surface area contributed by atoms with Crippen LogP contribution in [0.15, 0.2) is 0 Å². The Balaban J connectivity index is 2.33. The van der Waals surface area contributed by atoms with Crippen molar-refractivity contribution in [2.24, 2.45) is 5.92 Å². The van der Waals surface area contributed by atoms with Crippen molar-refractivity contribution in [2.75, 3.05) is 18.8 Å². The molecule has 0 radical (unpaired) electrons. The zero-order valence-corrected chi connectivity index (χ0v) is 13.0. The molecule has 0 aliphatic heterocycles. The van der Waals surface area contributed by atoms with Crippen molar-refractivity contribution >= 4 is 22.2 Å². The average Bonchev–Trinajstić information content (AvgIpc) is 2.74. The fourth-order valence-corrected chi connectivity index (χ4v) is 4.15. The van der Waals surface area contributed by atoms with Crippen molar-refractivity contribution < 1.29 is 4.79 Å². The first-order valence-corrected chi connectivity index (χ1v) is 8.13. The van der Waals surface area contributed by atoms with E-state index in [2.05, 4.69) is 6.92 Å². The number of hydrogen-bond acceptors (Lipinski definition) is 3. The number of amides is 1. The molecule has 1 aromatic heterocycles. The van der Waals surface area contributed by atoms with Gasteiger partial charge < -0.3 is 10.6 Å². The van der Waals surface area contributed by atoms with Gasteiger partial charge in [0.25, 0.3) is 5.91 Å². The van der Waals surface area contributed by atoms with E-state index in [0.717, 1.165) is 42.4 Å². The zero-order valence-electron chi connectivity index (χ0n) is 12.2. The molecule has 19 heavy (non-hydrogen) atoms. The van der Waals surface area contributed by atoms with Gasteiger partial charge in [0.15, 0.2) is 0 Å². The van der Waals surface area contributed by atoms with E-state index in [0.29, 0.717) is 0 Å². The highest BCUT2D eigenvalue weighted by Gasteiger charge is 2.28. The molecule has 1 aromatic rings. The largest absolute Gasteiger partial charge is 0.390 e. The minimum absolute atomic E-state index is 0.120. The topological polar surface area (TPSA) is 46.3 Å². The van der Waals surface area contributed by atoms with Crippen LogP contribution in [0.5, 0.6) is 0 Å². The Morgan fingerprint density at radius 2 is 2.05 bits per heavy atom. The molecule has 2 N–H and O–H groups in total. The maximum atomic E-state index is 12.6. The number of nitrogens with two attached hydrogens (primary N) is 1. The third-order valence-electron chi connectivity index (χ3n) is 4.24. The Morgan fingerprint density at radius 1 is 1.37 bits per heavy atom. The number of hydrogen-bond donors (Lipinski definition) is 1. The van der Waals surface area contributed by atoms with Gasteiger partial charge in [-0.1, -0.05) is 13.3 Å². The highest BCUT2D eigenvalue weighted by atomic mass is 32.1. The van der Waals surface area contributed by atoms with E-state index in [4.69, 9.17) is 5.73 Å². The molecule has 1 atom stereocenters. The van der Waals surface area contributed by atoms with Gasteiger partial charge in [0.1, 0.15) is 0 Å². The second-order valence-corrected chi connectivity index (χ2v) is 6.37. The summed E-state index contributed by atoms with van der Waals surface area (Å²) in [5.74, 6) is 0.886. The molecule has 1 unspecified atom stereocenters. The summed E-state index contributed by atoms with van der Waals surface area (Å²) in [5.41, 5.74) is 8.17. The van der Waals surface area contributed by atoms with Gasteiger partial charge in [0.05, 0.1) is 10.6 Å². The van der Waals surface area contributed by atoms with Gasteiger partial charge in [-0.25, -0.2) is 0 Å². The molecule has 1 heterocycles. The number of carbonyl (C=O) groups excluding carboxylic acids is 1. The van der Waals surface area contributed by atoms with Crippen LogP contribution in [0.3, 0.4) is 0 Å². The van der Waals surface area contributed by atoms with Crippen molar-refractivity contribution in [3.8, 4) is 0 Å². The maximum absolute atomic E-state index is 12.6. The van der Waals surface area contributed by atoms with E-state index < -0.39 is 0 Å². The Hall–Kier alpha value is -1.03. The van der Waals surface area contributed by atoms with Crippen molar-refractivity contribution in [2.45, 2.75) is 46.5 Å². The Kier molecular flexibility index (Phi) is 4.50. The first-order valence-electron chi connectivity index (χ1n) is 7.31. The number of nitrogen functional groups attached to an aromatic ring is 1. The summed E-state index contributed by atoms with van der Waals surface area (Å²) in [6.07, 6.45) is 4.53. The maximum Gasteiger partial charge on any atom is 0.257 e. The third kappa shape index (κ3) is 2.64. The number of rotatable bonds is 4. The van der Waals surface area contributed by atoms with Gasteiger partial charge in [-0.3, -0.25) is 4.79 Å². The number of nitrogens with zero attached hydrogens (tertiary/aromatic N) is 1. The first kappa shape index (κ1) is 14.4. The molecule has 0 fully saturated rings. The summed E-state index contributed by atoms with van der Waals surface area (Å²) in [5, 5.41) is 0.721. The summed E-state index contributed by atoms with van der Waals surface area (Å²) in [7, 11) is 0. The number of thiophene rings is 1. The monoisotopic (exact) mass is 280 g/mol. The van der Waals surface area contributed by atoms with Gasteiger partial charge in [0, 0.05) is 18.0 Å². The van der Waals surface area contributed by atoms with Crippen LogP contribution in [-0.4, -0.2) is 23.9 Å². The molecule has 1 amide bonds. The summed E-state index contributed by atoms with van der Waals surface area (Å²) >= 11 is 1.63. The highest BCUT2D eigenvalue weighted by molar-refractivity contribution is 7.16. The van der Waals surface area contributed by atoms with E-state index in [1.165, 1.54) is 23.3 Å². The van der Waals surface area contributed by atoms with Crippen molar-refractivity contribution in [1.29, 1.82) is 0 Å². The lowest BCUT2D eigenvalue weighted by Crippen LogP contribution is -2.31. The number of anilines is 1. The van der Waals surface area contributed by atoms with Crippen LogP contribution in [0.4, 0.5) is 5.00 Å². The van der Waals surface area contributed by atoms with Crippen molar-refractivity contribution in [1.82, 2.24) is 4.90 Å². The van der Waals surface area contributed by atoms with Crippen LogP contribution in [0.2, 0.25) is 0 Å². The first-order chi connectivity index (χ1) is 9.12. The number of fused-ring (bicyclic) bond motifs is 1. The molecule has 1 aliphatic carbocycles. The molecular weight excluding hydrogens is 256 g/mol. The van der Waals surface area contributed by atoms with Crippen LogP contribution in [-0.2, 0) is 12.8 Å². The third-order valence-corrected chi connectivity index (χ3v) is 5.32. The summed E-state index contributed by atoms with van der Waals surface area (Å²) in [4.78, 5) is 15.8. The second kappa shape index (κ2) is 5.95. The summed E-state index contributed by atoms with van der Waals surface area (Å²) in [6.45, 7) is 7.77. The minimum Gasteiger partial charge on any atom is -0.390 e. The predicted molar refractivity (Wildman–Crippen MR) is 81.8 cm³/mol. The molecule has 2 rings (SSSR count). The molecule has 0 aromatic carbocycles. The fraction of sp³-hybridized carbons (Fsp3) is 0.667. The molecule has 0 bridgehead atoms. The lowest BCUT2D eigenvalue weighted by Gasteiger charge is -2.23. The summed E-state index contributed by atoms with van der Waals surface area (Å²) in [6, 6.07) is 0. The van der Waals surface area contributed by atoms with Gasteiger partial charge in [-0.2, -0.15) is 0 Å². The van der Waals surface area contributed by atoms with Crippen LogP contribution in [0.1, 0.15) is 54.4 Å². The van der Waals surface area contributed by atoms with Gasteiger partial charge in [-0.15, -0.1) is 11.3 Å². The second-order valence-electron chi connectivity index (χ2n) is 5.24. The van der Waals surface area contributed by atoms with E-state index in [9.17, 15) is 4.79 Å². The fourth-order valence-electron chi connectivity index (χ4n) is 2.93. The predicted octanol–water partition coefficient (Wildman–Crippen LogP) is 3.33. The Bertz CT molecular complexity index is 463. The standard InChI is InChI=1S/C15H24N2OS/c1-4-10-7-8-11-12(9-10)19-14(16)13(11)15(18)17(5-2)6-3/h10H,4-9,16H2,1-3H3. The molecule has 0 spiro atoms. The van der Waals surface area contributed by atoms with E-state index in [1.807, 2.05) is 18.7 Å².